The van der Waals surface area contributed by atoms with Gasteiger partial charge in [-0.2, -0.15) is 4.98 Å². The molecular weight excluding hydrogens is 508 g/mol. The summed E-state index contributed by atoms with van der Waals surface area (Å²) in [5, 5.41) is 5.66. The van der Waals surface area contributed by atoms with Gasteiger partial charge in [0.2, 0.25) is 12.3 Å². The molecule has 1 aliphatic heterocycles. The highest BCUT2D eigenvalue weighted by Gasteiger charge is 2.42. The number of fused-ring (bicyclic) bond motifs is 1. The first kappa shape index (κ1) is 29.7. The number of anilines is 1. The van der Waals surface area contributed by atoms with Crippen LogP contribution in [-0.4, -0.2) is 88.6 Å². The second-order valence-electron chi connectivity index (χ2n) is 11.8. The molecule has 11 nitrogen and oxygen atoms in total. The number of benzene rings is 1. The highest BCUT2D eigenvalue weighted by atomic mass is 16.2. The Labute approximate surface area is 236 Å². The van der Waals surface area contributed by atoms with Crippen LogP contribution in [-0.2, 0) is 16.0 Å². The molecule has 6 N–H and O–H groups in total. The van der Waals surface area contributed by atoms with Gasteiger partial charge in [-0.05, 0) is 75.6 Å². The molecule has 0 bridgehead atoms. The van der Waals surface area contributed by atoms with Gasteiger partial charge in [0.05, 0.1) is 11.2 Å². The first-order valence-electron chi connectivity index (χ1n) is 14.2. The van der Waals surface area contributed by atoms with E-state index in [4.69, 9.17) is 11.5 Å². The normalized spacial score (nSPS) is 21.6. The third-order valence-electron chi connectivity index (χ3n) is 8.25. The molecule has 218 valence electrons. The summed E-state index contributed by atoms with van der Waals surface area (Å²) in [4.78, 5) is 44.3. The van der Waals surface area contributed by atoms with Crippen molar-refractivity contribution in [1.29, 1.82) is 0 Å². The molecule has 0 radical (unpaired) electrons. The molecule has 2 heterocycles. The standard InChI is InChI=1S/C29H44N8O3/c1-20(36-17-22-6-9-25(30)24(22)18-36)16-21-4-7-23(8-5-21)37-13-10-26(34-28(37)40)33-12-15-35(14-11-32-19-38)27(39)29(2,3)31/h4-5,7-8,10,13,19-20,22,24-25H,6,9,11-12,14-18,30-31H2,1-3H3,(H,32,38)(H,33,34,40). The minimum atomic E-state index is -1.03. The zero-order valence-electron chi connectivity index (χ0n) is 23.9. The van der Waals surface area contributed by atoms with Crippen molar-refractivity contribution in [2.24, 2.45) is 23.3 Å². The average Bonchev–Trinajstić information content (AvgIpc) is 3.50. The lowest BCUT2D eigenvalue weighted by Gasteiger charge is -2.29. The fraction of sp³-hybridized carbons (Fsp3) is 0.586. The van der Waals surface area contributed by atoms with Crippen molar-refractivity contribution in [3.63, 3.8) is 0 Å². The Morgan fingerprint density at radius 3 is 2.55 bits per heavy atom. The van der Waals surface area contributed by atoms with E-state index < -0.39 is 11.2 Å². The summed E-state index contributed by atoms with van der Waals surface area (Å²) in [6.45, 7) is 9.19. The molecule has 2 aromatic rings. The Kier molecular flexibility index (Phi) is 9.60. The van der Waals surface area contributed by atoms with Crippen molar-refractivity contribution < 1.29 is 9.59 Å². The minimum Gasteiger partial charge on any atom is -0.368 e. The number of carbonyl (C=O) groups is 2. The summed E-state index contributed by atoms with van der Waals surface area (Å²) in [5.41, 5.74) is 12.9. The van der Waals surface area contributed by atoms with Crippen molar-refractivity contribution in [2.45, 2.75) is 57.7 Å². The molecule has 0 spiro atoms. The number of carbonyl (C=O) groups excluding carboxylic acids is 2. The van der Waals surface area contributed by atoms with E-state index in [1.807, 2.05) is 12.1 Å². The molecule has 1 saturated carbocycles. The zero-order valence-corrected chi connectivity index (χ0v) is 23.9. The van der Waals surface area contributed by atoms with E-state index in [1.165, 1.54) is 23.0 Å². The summed E-state index contributed by atoms with van der Waals surface area (Å²) in [6.07, 6.45) is 5.67. The molecule has 1 aliphatic carbocycles. The van der Waals surface area contributed by atoms with Crippen LogP contribution in [0, 0.1) is 11.8 Å². The number of nitrogens with two attached hydrogens (primary N) is 2. The second-order valence-corrected chi connectivity index (χ2v) is 11.8. The zero-order chi connectivity index (χ0) is 28.9. The molecule has 4 atom stereocenters. The highest BCUT2D eigenvalue weighted by molar-refractivity contribution is 5.85. The van der Waals surface area contributed by atoms with E-state index in [-0.39, 0.29) is 5.91 Å². The van der Waals surface area contributed by atoms with E-state index in [2.05, 4.69) is 39.6 Å². The van der Waals surface area contributed by atoms with Gasteiger partial charge in [-0.3, -0.25) is 19.1 Å². The van der Waals surface area contributed by atoms with E-state index in [0.29, 0.717) is 56.4 Å². The summed E-state index contributed by atoms with van der Waals surface area (Å²) < 4.78 is 1.51. The van der Waals surface area contributed by atoms with Crippen LogP contribution in [0.25, 0.3) is 5.69 Å². The van der Waals surface area contributed by atoms with Crippen LogP contribution in [0.2, 0.25) is 0 Å². The Bertz CT molecular complexity index is 1210. The number of hydrogen-bond donors (Lipinski definition) is 4. The molecule has 2 amide bonds. The summed E-state index contributed by atoms with van der Waals surface area (Å²) in [5.74, 6) is 1.59. The van der Waals surface area contributed by atoms with Gasteiger partial charge < -0.3 is 27.0 Å². The number of nitrogens with zero attached hydrogens (tertiary/aromatic N) is 4. The quantitative estimate of drug-likeness (QED) is 0.208. The average molecular weight is 553 g/mol. The Hall–Kier alpha value is -3.28. The van der Waals surface area contributed by atoms with Gasteiger partial charge in [-0.15, -0.1) is 0 Å². The highest BCUT2D eigenvalue weighted by Crippen LogP contribution is 2.38. The molecule has 4 rings (SSSR count). The van der Waals surface area contributed by atoms with Crippen LogP contribution in [0.4, 0.5) is 5.82 Å². The number of rotatable bonds is 13. The fourth-order valence-electron chi connectivity index (χ4n) is 5.96. The van der Waals surface area contributed by atoms with Crippen LogP contribution < -0.4 is 27.8 Å². The van der Waals surface area contributed by atoms with Gasteiger partial charge in [-0.1, -0.05) is 12.1 Å². The molecular formula is C29H44N8O3. The van der Waals surface area contributed by atoms with Gasteiger partial charge in [0.1, 0.15) is 5.82 Å². The Morgan fingerprint density at radius 1 is 1.18 bits per heavy atom. The van der Waals surface area contributed by atoms with Crippen molar-refractivity contribution in [3.8, 4) is 5.69 Å². The van der Waals surface area contributed by atoms with Crippen molar-refractivity contribution >= 4 is 18.1 Å². The SMILES string of the molecule is CC(Cc1ccc(-n2ccc(NCCN(CCNC=O)C(=O)C(C)(C)N)nc2=O)cc1)N1CC2CCC(N)C2C1. The predicted octanol–water partition coefficient (Wildman–Crippen LogP) is 0.556. The molecule has 1 aromatic carbocycles. The molecule has 1 aromatic heterocycles. The summed E-state index contributed by atoms with van der Waals surface area (Å²) in [6, 6.07) is 10.6. The van der Waals surface area contributed by atoms with Crippen LogP contribution >= 0.6 is 0 Å². The molecule has 4 unspecified atom stereocenters. The maximum absolute atomic E-state index is 12.8. The van der Waals surface area contributed by atoms with E-state index in [1.54, 1.807) is 31.0 Å². The lowest BCUT2D eigenvalue weighted by Crippen LogP contribution is -2.53. The lowest BCUT2D eigenvalue weighted by atomic mass is 9.98. The van der Waals surface area contributed by atoms with Gasteiger partial charge in [-0.25, -0.2) is 4.79 Å². The number of aromatic nitrogens is 2. The smallest absolute Gasteiger partial charge is 0.354 e. The van der Waals surface area contributed by atoms with Gasteiger partial charge in [0.25, 0.3) is 0 Å². The third kappa shape index (κ3) is 7.26. The maximum Gasteiger partial charge on any atom is 0.354 e. The summed E-state index contributed by atoms with van der Waals surface area (Å²) in [7, 11) is 0. The molecule has 2 aliphatic rings. The van der Waals surface area contributed by atoms with E-state index >= 15 is 0 Å². The predicted molar refractivity (Wildman–Crippen MR) is 156 cm³/mol. The third-order valence-corrected chi connectivity index (χ3v) is 8.25. The fourth-order valence-corrected chi connectivity index (χ4v) is 5.96. The second kappa shape index (κ2) is 12.9. The Balaban J connectivity index is 1.31. The monoisotopic (exact) mass is 552 g/mol. The van der Waals surface area contributed by atoms with Crippen molar-refractivity contribution in [1.82, 2.24) is 24.7 Å². The van der Waals surface area contributed by atoms with Crippen LogP contribution in [0.3, 0.4) is 0 Å². The molecule has 2 fully saturated rings. The minimum absolute atomic E-state index is 0.226. The van der Waals surface area contributed by atoms with Crippen LogP contribution in [0.1, 0.15) is 39.2 Å². The lowest BCUT2D eigenvalue weighted by molar-refractivity contribution is -0.135. The molecule has 11 heteroatoms. The van der Waals surface area contributed by atoms with Crippen LogP contribution in [0.15, 0.2) is 41.3 Å². The van der Waals surface area contributed by atoms with Crippen molar-refractivity contribution in [2.75, 3.05) is 44.6 Å². The molecule has 1 saturated heterocycles. The Morgan fingerprint density at radius 2 is 1.90 bits per heavy atom. The van der Waals surface area contributed by atoms with Crippen LogP contribution in [0.5, 0.6) is 0 Å². The van der Waals surface area contributed by atoms with Gasteiger partial charge in [0.15, 0.2) is 0 Å². The van der Waals surface area contributed by atoms with Gasteiger partial charge in [0, 0.05) is 57.5 Å². The number of nitrogens with one attached hydrogen (secondary N) is 2. The first-order chi connectivity index (χ1) is 19.1. The number of likely N-dealkylation sites (tertiary alicyclic amines) is 1. The molecule has 40 heavy (non-hydrogen) atoms. The van der Waals surface area contributed by atoms with Crippen molar-refractivity contribution in [3.05, 3.63) is 52.6 Å². The largest absolute Gasteiger partial charge is 0.368 e. The number of amides is 2. The summed E-state index contributed by atoms with van der Waals surface area (Å²) >= 11 is 0. The van der Waals surface area contributed by atoms with E-state index in [9.17, 15) is 14.4 Å². The first-order valence-corrected chi connectivity index (χ1v) is 14.2. The topological polar surface area (TPSA) is 152 Å². The maximum atomic E-state index is 12.8. The van der Waals surface area contributed by atoms with E-state index in [0.717, 1.165) is 31.1 Å². The van der Waals surface area contributed by atoms with Gasteiger partial charge >= 0.3 is 5.69 Å². The number of hydrogen-bond acceptors (Lipinski definition) is 8.